The van der Waals surface area contributed by atoms with Crippen molar-refractivity contribution in [2.75, 3.05) is 29.5 Å². The van der Waals surface area contributed by atoms with Gasteiger partial charge in [0.05, 0.1) is 0 Å². The van der Waals surface area contributed by atoms with Crippen molar-refractivity contribution in [2.45, 2.75) is 26.4 Å². The number of rotatable bonds is 4. The topological polar surface area (TPSA) is 45.2 Å². The van der Waals surface area contributed by atoms with E-state index in [9.17, 15) is 4.21 Å². The fourth-order valence-electron chi connectivity index (χ4n) is 1.66. The van der Waals surface area contributed by atoms with E-state index in [2.05, 4.69) is 29.0 Å². The summed E-state index contributed by atoms with van der Waals surface area (Å²) in [5.74, 6) is 1.55. The molecule has 1 fully saturated rings. The number of thiazole rings is 1. The van der Waals surface area contributed by atoms with Crippen LogP contribution >= 0.6 is 11.3 Å². The van der Waals surface area contributed by atoms with Crippen molar-refractivity contribution in [3.05, 3.63) is 11.1 Å². The van der Waals surface area contributed by atoms with Gasteiger partial charge in [0.2, 0.25) is 0 Å². The Morgan fingerprint density at radius 2 is 2.24 bits per heavy atom. The highest BCUT2D eigenvalue weighted by Gasteiger charge is 2.17. The Morgan fingerprint density at radius 3 is 2.88 bits per heavy atom. The monoisotopic (exact) mass is 273 g/mol. The molecule has 0 bridgehead atoms. The Labute approximate surface area is 109 Å². The van der Waals surface area contributed by atoms with Crippen molar-refractivity contribution in [2.24, 2.45) is 0 Å². The molecule has 0 radical (unpaired) electrons. The van der Waals surface area contributed by atoms with Crippen LogP contribution in [0.5, 0.6) is 0 Å². The molecule has 1 aromatic rings. The van der Waals surface area contributed by atoms with Gasteiger partial charge in [0.15, 0.2) is 5.13 Å². The maximum atomic E-state index is 11.3. The van der Waals surface area contributed by atoms with Crippen LogP contribution in [-0.4, -0.2) is 39.8 Å². The first-order valence-electron chi connectivity index (χ1n) is 5.93. The molecule has 0 atom stereocenters. The minimum Gasteiger partial charge on any atom is -0.346 e. The van der Waals surface area contributed by atoms with E-state index in [0.29, 0.717) is 6.04 Å². The van der Waals surface area contributed by atoms with E-state index in [4.69, 9.17) is 0 Å². The van der Waals surface area contributed by atoms with Crippen LogP contribution in [-0.2, 0) is 17.3 Å². The molecule has 1 aliphatic heterocycles. The minimum absolute atomic E-state index is 0.498. The summed E-state index contributed by atoms with van der Waals surface area (Å²) < 4.78 is 11.3. The van der Waals surface area contributed by atoms with Crippen molar-refractivity contribution >= 4 is 27.3 Å². The van der Waals surface area contributed by atoms with Gasteiger partial charge in [-0.25, -0.2) is 4.98 Å². The Hall–Kier alpha value is -0.460. The first-order chi connectivity index (χ1) is 8.15. The van der Waals surface area contributed by atoms with Crippen molar-refractivity contribution < 1.29 is 4.21 Å². The number of hydrogen-bond acceptors (Lipinski definition) is 5. The molecule has 0 aromatic carbocycles. The zero-order valence-corrected chi connectivity index (χ0v) is 11.9. The summed E-state index contributed by atoms with van der Waals surface area (Å²) in [7, 11) is -0.615. The van der Waals surface area contributed by atoms with Crippen molar-refractivity contribution in [3.8, 4) is 0 Å². The van der Waals surface area contributed by atoms with Crippen LogP contribution in [0.25, 0.3) is 0 Å². The quantitative estimate of drug-likeness (QED) is 0.895. The van der Waals surface area contributed by atoms with Gasteiger partial charge in [-0.05, 0) is 0 Å². The third-order valence-electron chi connectivity index (χ3n) is 2.67. The van der Waals surface area contributed by atoms with Crippen molar-refractivity contribution in [1.29, 1.82) is 0 Å². The van der Waals surface area contributed by atoms with E-state index in [-0.39, 0.29) is 0 Å². The summed E-state index contributed by atoms with van der Waals surface area (Å²) in [6, 6.07) is 0.498. The molecule has 0 saturated carbocycles. The van der Waals surface area contributed by atoms with Gasteiger partial charge in [-0.2, -0.15) is 0 Å². The largest absolute Gasteiger partial charge is 0.346 e. The summed E-state index contributed by atoms with van der Waals surface area (Å²) in [5.41, 5.74) is 0. The normalized spacial score (nSPS) is 17.9. The van der Waals surface area contributed by atoms with Crippen LogP contribution in [0.4, 0.5) is 5.13 Å². The zero-order valence-electron chi connectivity index (χ0n) is 10.3. The lowest BCUT2D eigenvalue weighted by molar-refractivity contribution is 0.593. The Bertz CT molecular complexity index is 382. The summed E-state index contributed by atoms with van der Waals surface area (Å²) in [4.78, 5) is 7.95. The highest BCUT2D eigenvalue weighted by atomic mass is 32.2. The fraction of sp³-hybridized carbons (Fsp3) is 0.727. The summed E-state index contributed by atoms with van der Waals surface area (Å²) >= 11 is 1.74. The van der Waals surface area contributed by atoms with E-state index < -0.39 is 10.8 Å². The molecule has 0 aliphatic carbocycles. The first-order valence-corrected chi connectivity index (χ1v) is 8.23. The van der Waals surface area contributed by atoms with Gasteiger partial charge in [-0.3, -0.25) is 4.21 Å². The highest BCUT2D eigenvalue weighted by Crippen LogP contribution is 2.23. The molecule has 6 heteroatoms. The first kappa shape index (κ1) is 13.0. The lowest BCUT2D eigenvalue weighted by Gasteiger charge is -2.25. The molecule has 2 heterocycles. The number of nitrogens with one attached hydrogen (secondary N) is 1. The average molecular weight is 273 g/mol. The van der Waals surface area contributed by atoms with Crippen LogP contribution < -0.4 is 10.2 Å². The number of hydrogen-bond donors (Lipinski definition) is 1. The van der Waals surface area contributed by atoms with Gasteiger partial charge in [-0.15, -0.1) is 11.3 Å². The molecule has 1 aliphatic rings. The maximum Gasteiger partial charge on any atom is 0.185 e. The molecule has 1 saturated heterocycles. The van der Waals surface area contributed by atoms with Gasteiger partial charge >= 0.3 is 0 Å². The van der Waals surface area contributed by atoms with E-state index in [1.54, 1.807) is 11.3 Å². The third kappa shape index (κ3) is 3.76. The zero-order chi connectivity index (χ0) is 12.3. The number of aromatic nitrogens is 1. The Morgan fingerprint density at radius 1 is 1.53 bits per heavy atom. The average Bonchev–Trinajstić information content (AvgIpc) is 2.76. The number of nitrogens with zero attached hydrogens (tertiary/aromatic N) is 2. The van der Waals surface area contributed by atoms with E-state index >= 15 is 0 Å². The van der Waals surface area contributed by atoms with Gasteiger partial charge in [0.25, 0.3) is 0 Å². The van der Waals surface area contributed by atoms with Gasteiger partial charge in [0.1, 0.15) is 0 Å². The summed E-state index contributed by atoms with van der Waals surface area (Å²) in [5, 5.41) is 4.46. The molecular weight excluding hydrogens is 254 g/mol. The molecule has 4 nitrogen and oxygen atoms in total. The van der Waals surface area contributed by atoms with Crippen molar-refractivity contribution in [3.63, 3.8) is 0 Å². The molecular formula is C11H19N3OS2. The Kier molecular flexibility index (Phi) is 4.53. The molecule has 17 heavy (non-hydrogen) atoms. The van der Waals surface area contributed by atoms with E-state index in [0.717, 1.165) is 36.3 Å². The molecule has 0 unspecified atom stereocenters. The van der Waals surface area contributed by atoms with E-state index in [1.807, 2.05) is 6.20 Å². The molecule has 1 aromatic heterocycles. The highest BCUT2D eigenvalue weighted by molar-refractivity contribution is 7.85. The van der Waals surface area contributed by atoms with Gasteiger partial charge < -0.3 is 10.2 Å². The number of anilines is 1. The van der Waals surface area contributed by atoms with Gasteiger partial charge in [-0.1, -0.05) is 13.8 Å². The molecule has 2 rings (SSSR count). The molecule has 96 valence electrons. The van der Waals surface area contributed by atoms with Crippen molar-refractivity contribution in [1.82, 2.24) is 10.3 Å². The van der Waals surface area contributed by atoms with Crippen LogP contribution in [0.1, 0.15) is 18.7 Å². The summed E-state index contributed by atoms with van der Waals surface area (Å²) in [6.07, 6.45) is 1.95. The molecule has 0 amide bonds. The Balaban J connectivity index is 1.91. The predicted octanol–water partition coefficient (Wildman–Crippen LogP) is 1.21. The van der Waals surface area contributed by atoms with Crippen LogP contribution in [0, 0.1) is 0 Å². The van der Waals surface area contributed by atoms with Gasteiger partial charge in [0, 0.05) is 59.1 Å². The SMILES string of the molecule is CC(C)NCc1cnc(N2CCS(=O)CC2)s1. The lowest BCUT2D eigenvalue weighted by Crippen LogP contribution is -2.37. The second-order valence-corrected chi connectivity index (χ2v) is 7.27. The van der Waals surface area contributed by atoms with Crippen LogP contribution in [0.3, 0.4) is 0 Å². The smallest absolute Gasteiger partial charge is 0.185 e. The standard InChI is InChI=1S/C11H19N3OS2/c1-9(2)12-7-10-8-13-11(16-10)14-3-5-17(15)6-4-14/h8-9,12H,3-7H2,1-2H3. The minimum atomic E-state index is -0.615. The second kappa shape index (κ2) is 5.93. The fourth-order valence-corrected chi connectivity index (χ4v) is 3.62. The summed E-state index contributed by atoms with van der Waals surface area (Å²) in [6.45, 7) is 6.91. The molecule has 0 spiro atoms. The maximum absolute atomic E-state index is 11.3. The van der Waals surface area contributed by atoms with E-state index in [1.165, 1.54) is 4.88 Å². The third-order valence-corrected chi connectivity index (χ3v) is 5.01. The van der Waals surface area contributed by atoms with Crippen LogP contribution in [0.2, 0.25) is 0 Å². The van der Waals surface area contributed by atoms with Crippen LogP contribution in [0.15, 0.2) is 6.20 Å². The molecule has 1 N–H and O–H groups in total. The predicted molar refractivity (Wildman–Crippen MR) is 74.2 cm³/mol. The second-order valence-electron chi connectivity index (χ2n) is 4.48. The lowest BCUT2D eigenvalue weighted by atomic mass is 10.4.